The fourth-order valence-corrected chi connectivity index (χ4v) is 1.10. The molecule has 0 atom stereocenters. The Hall–Kier alpha value is -1.10. The minimum atomic E-state index is -3.42. The minimum Gasteiger partial charge on any atom is -0.330 e. The maximum absolute atomic E-state index is 13.1. The lowest BCUT2D eigenvalue weighted by Crippen LogP contribution is -2.20. The van der Waals surface area contributed by atoms with Gasteiger partial charge in [-0.05, 0) is 18.7 Å². The van der Waals surface area contributed by atoms with Gasteiger partial charge in [-0.1, -0.05) is 6.07 Å². The van der Waals surface area contributed by atoms with Crippen LogP contribution in [-0.4, -0.2) is 6.54 Å². The summed E-state index contributed by atoms with van der Waals surface area (Å²) in [6.45, 7) is -0.289. The second-order valence-corrected chi connectivity index (χ2v) is 2.84. The van der Waals surface area contributed by atoms with Gasteiger partial charge >= 0.3 is 0 Å². The fourth-order valence-electron chi connectivity index (χ4n) is 1.10. The number of rotatable bonds is 3. The number of nitrogens with two attached hydrogens (primary N) is 1. The number of hydrogen-bond donors (Lipinski definition) is 1. The van der Waals surface area contributed by atoms with Crippen molar-refractivity contribution in [3.05, 3.63) is 35.4 Å². The zero-order valence-corrected chi connectivity index (χ0v) is 7.24. The molecule has 0 aliphatic carbocycles. The molecule has 14 heavy (non-hydrogen) atoms. The summed E-state index contributed by atoms with van der Waals surface area (Å²) >= 11 is 0. The molecule has 2 N–H and O–H groups in total. The van der Waals surface area contributed by atoms with E-state index in [0.29, 0.717) is 0 Å². The number of alkyl halides is 2. The SMILES string of the molecule is NCCC(F)(F)c1cccc(F)c1F. The third kappa shape index (κ3) is 2.04. The van der Waals surface area contributed by atoms with Crippen molar-refractivity contribution >= 4 is 0 Å². The molecule has 5 heteroatoms. The number of halogens is 4. The zero-order chi connectivity index (χ0) is 10.8. The van der Waals surface area contributed by atoms with Crippen LogP contribution in [0.4, 0.5) is 17.6 Å². The van der Waals surface area contributed by atoms with Crippen LogP contribution in [0, 0.1) is 11.6 Å². The van der Waals surface area contributed by atoms with Gasteiger partial charge in [-0.15, -0.1) is 0 Å². The van der Waals surface area contributed by atoms with E-state index in [1.54, 1.807) is 0 Å². The second kappa shape index (κ2) is 3.96. The Morgan fingerprint density at radius 3 is 2.43 bits per heavy atom. The van der Waals surface area contributed by atoms with E-state index < -0.39 is 29.5 Å². The minimum absolute atomic E-state index is 0.289. The molecule has 0 aliphatic heterocycles. The molecular weight excluding hydrogens is 198 g/mol. The number of hydrogen-bond acceptors (Lipinski definition) is 1. The lowest BCUT2D eigenvalue weighted by Gasteiger charge is -2.16. The summed E-state index contributed by atoms with van der Waals surface area (Å²) in [6.07, 6.45) is -0.701. The topological polar surface area (TPSA) is 26.0 Å². The molecule has 0 saturated carbocycles. The van der Waals surface area contributed by atoms with Crippen LogP contribution in [0.15, 0.2) is 18.2 Å². The van der Waals surface area contributed by atoms with Crippen LogP contribution >= 0.6 is 0 Å². The highest BCUT2D eigenvalue weighted by molar-refractivity contribution is 5.23. The van der Waals surface area contributed by atoms with Gasteiger partial charge in [0.1, 0.15) is 0 Å². The van der Waals surface area contributed by atoms with Crippen LogP contribution in [0.5, 0.6) is 0 Å². The van der Waals surface area contributed by atoms with Crippen molar-refractivity contribution in [2.45, 2.75) is 12.3 Å². The molecule has 0 unspecified atom stereocenters. The molecule has 1 nitrogen and oxygen atoms in total. The van der Waals surface area contributed by atoms with Crippen molar-refractivity contribution in [3.8, 4) is 0 Å². The average Bonchev–Trinajstić information content (AvgIpc) is 2.09. The van der Waals surface area contributed by atoms with Crippen molar-refractivity contribution < 1.29 is 17.6 Å². The van der Waals surface area contributed by atoms with Gasteiger partial charge in [-0.2, -0.15) is 0 Å². The van der Waals surface area contributed by atoms with Crippen LogP contribution < -0.4 is 5.73 Å². The quantitative estimate of drug-likeness (QED) is 0.757. The molecule has 0 heterocycles. The molecule has 1 aromatic rings. The first-order valence-corrected chi connectivity index (χ1v) is 4.01. The lowest BCUT2D eigenvalue weighted by atomic mass is 10.0. The summed E-state index contributed by atoms with van der Waals surface area (Å²) in [4.78, 5) is 0. The van der Waals surface area contributed by atoms with Crippen molar-refractivity contribution in [2.24, 2.45) is 5.73 Å². The highest BCUT2D eigenvalue weighted by atomic mass is 19.3. The van der Waals surface area contributed by atoms with Crippen molar-refractivity contribution in [2.75, 3.05) is 6.54 Å². The zero-order valence-electron chi connectivity index (χ0n) is 7.24. The third-order valence-electron chi connectivity index (χ3n) is 1.80. The molecule has 0 aliphatic rings. The molecule has 1 rings (SSSR count). The van der Waals surface area contributed by atoms with Crippen LogP contribution in [0.25, 0.3) is 0 Å². The third-order valence-corrected chi connectivity index (χ3v) is 1.80. The standard InChI is InChI=1S/C9H9F4N/c10-7-3-1-2-6(8(7)11)9(12,13)4-5-14/h1-3H,4-5,14H2. The van der Waals surface area contributed by atoms with Gasteiger partial charge in [0.15, 0.2) is 11.6 Å². The van der Waals surface area contributed by atoms with Crippen molar-refractivity contribution in [1.82, 2.24) is 0 Å². The lowest BCUT2D eigenvalue weighted by molar-refractivity contribution is -0.0147. The van der Waals surface area contributed by atoms with E-state index in [4.69, 9.17) is 5.73 Å². The van der Waals surface area contributed by atoms with E-state index in [0.717, 1.165) is 18.2 Å². The van der Waals surface area contributed by atoms with Crippen LogP contribution in [0.2, 0.25) is 0 Å². The summed E-state index contributed by atoms with van der Waals surface area (Å²) in [5, 5.41) is 0. The molecule has 0 spiro atoms. The molecule has 78 valence electrons. The Bertz CT molecular complexity index is 325. The summed E-state index contributed by atoms with van der Waals surface area (Å²) < 4.78 is 51.8. The Morgan fingerprint density at radius 1 is 1.21 bits per heavy atom. The highest BCUT2D eigenvalue weighted by Crippen LogP contribution is 2.33. The predicted molar refractivity (Wildman–Crippen MR) is 43.9 cm³/mol. The first kappa shape index (κ1) is 11.0. The van der Waals surface area contributed by atoms with E-state index in [1.807, 2.05) is 0 Å². The van der Waals surface area contributed by atoms with E-state index >= 15 is 0 Å². The summed E-state index contributed by atoms with van der Waals surface area (Å²) in [5.41, 5.74) is 4.00. The molecule has 0 bridgehead atoms. The van der Waals surface area contributed by atoms with E-state index in [9.17, 15) is 17.6 Å². The van der Waals surface area contributed by atoms with Crippen LogP contribution in [-0.2, 0) is 5.92 Å². The Morgan fingerprint density at radius 2 is 1.86 bits per heavy atom. The van der Waals surface area contributed by atoms with Gasteiger partial charge in [0.2, 0.25) is 0 Å². The van der Waals surface area contributed by atoms with E-state index in [2.05, 4.69) is 0 Å². The molecule has 0 radical (unpaired) electrons. The summed E-state index contributed by atoms with van der Waals surface area (Å²) in [6, 6.07) is 2.68. The van der Waals surface area contributed by atoms with Crippen molar-refractivity contribution in [3.63, 3.8) is 0 Å². The smallest absolute Gasteiger partial charge is 0.277 e. The summed E-state index contributed by atoms with van der Waals surface area (Å²) in [5.74, 6) is -6.20. The van der Waals surface area contributed by atoms with Crippen LogP contribution in [0.3, 0.4) is 0 Å². The van der Waals surface area contributed by atoms with Gasteiger partial charge in [0.25, 0.3) is 5.92 Å². The maximum atomic E-state index is 13.1. The Labute approximate surface area is 78.5 Å². The van der Waals surface area contributed by atoms with Gasteiger partial charge in [0, 0.05) is 6.42 Å². The fraction of sp³-hybridized carbons (Fsp3) is 0.333. The Balaban J connectivity index is 3.12. The van der Waals surface area contributed by atoms with E-state index in [-0.39, 0.29) is 6.54 Å². The molecule has 0 amide bonds. The first-order valence-electron chi connectivity index (χ1n) is 4.01. The highest BCUT2D eigenvalue weighted by Gasteiger charge is 2.34. The molecular formula is C9H9F4N. The van der Waals surface area contributed by atoms with Gasteiger partial charge in [-0.3, -0.25) is 0 Å². The first-order chi connectivity index (χ1) is 6.49. The molecule has 0 aromatic heterocycles. The summed E-state index contributed by atoms with van der Waals surface area (Å²) in [7, 11) is 0. The molecule has 0 fully saturated rings. The molecule has 1 aromatic carbocycles. The largest absolute Gasteiger partial charge is 0.330 e. The monoisotopic (exact) mass is 207 g/mol. The van der Waals surface area contributed by atoms with Crippen LogP contribution in [0.1, 0.15) is 12.0 Å². The number of benzene rings is 1. The predicted octanol–water partition coefficient (Wildman–Crippen LogP) is 2.41. The normalized spacial score (nSPS) is 11.8. The van der Waals surface area contributed by atoms with Gasteiger partial charge < -0.3 is 5.73 Å². The van der Waals surface area contributed by atoms with Crippen molar-refractivity contribution in [1.29, 1.82) is 0 Å². The second-order valence-electron chi connectivity index (χ2n) is 2.84. The van der Waals surface area contributed by atoms with Gasteiger partial charge in [0.05, 0.1) is 5.56 Å². The molecule has 0 saturated heterocycles. The average molecular weight is 207 g/mol. The maximum Gasteiger partial charge on any atom is 0.277 e. The van der Waals surface area contributed by atoms with E-state index in [1.165, 1.54) is 0 Å². The Kier molecular flexibility index (Phi) is 3.10. The van der Waals surface area contributed by atoms with Gasteiger partial charge in [-0.25, -0.2) is 17.6 Å².